The normalized spacial score (nSPS) is 8.70. The van der Waals surface area contributed by atoms with Gasteiger partial charge in [0.25, 0.3) is 0 Å². The number of carbonyl (C=O) groups is 4. The van der Waals surface area contributed by atoms with Crippen molar-refractivity contribution in [2.45, 2.75) is 32.5 Å². The van der Waals surface area contributed by atoms with Crippen molar-refractivity contribution in [3.63, 3.8) is 0 Å². The van der Waals surface area contributed by atoms with Crippen molar-refractivity contribution in [2.75, 3.05) is 0 Å². The second-order valence-electron chi connectivity index (χ2n) is 3.85. The van der Waals surface area contributed by atoms with Crippen LogP contribution in [0.2, 0.25) is 0 Å². The third kappa shape index (κ3) is 24.7. The summed E-state index contributed by atoms with van der Waals surface area (Å²) in [4.78, 5) is 39.3. The van der Waals surface area contributed by atoms with Gasteiger partial charge in [0.05, 0.1) is 12.8 Å². The van der Waals surface area contributed by atoms with E-state index >= 15 is 0 Å². The molecular weight excluding hydrogens is 316 g/mol. The smallest absolute Gasteiger partial charge is 0.331 e. The molecule has 0 unspecified atom stereocenters. The maximum atomic E-state index is 9.87. The molecule has 0 atom stereocenters. The van der Waals surface area contributed by atoms with E-state index in [0.717, 1.165) is 0 Å². The van der Waals surface area contributed by atoms with Crippen molar-refractivity contribution in [2.24, 2.45) is 0 Å². The van der Waals surface area contributed by atoms with Gasteiger partial charge in [-0.2, -0.15) is 0 Å². The van der Waals surface area contributed by atoms with Crippen LogP contribution in [0, 0.1) is 0 Å². The molecule has 0 fully saturated rings. The lowest BCUT2D eigenvalue weighted by Gasteiger charge is -1.91. The molecule has 0 aromatic carbocycles. The van der Waals surface area contributed by atoms with E-state index in [2.05, 4.69) is 13.2 Å². The molecule has 0 bridgehead atoms. The molecule has 0 heterocycles. The van der Waals surface area contributed by atoms with Crippen LogP contribution in [0.1, 0.15) is 26.2 Å². The fourth-order valence-electron chi connectivity index (χ4n) is 0.516. The number of hydrogen-bond donors (Lipinski definition) is 6. The molecule has 0 rings (SSSR count). The lowest BCUT2D eigenvalue weighted by molar-refractivity contribution is -0.139. The largest absolute Gasteiger partial charge is 0.481 e. The lowest BCUT2D eigenvalue weighted by atomic mass is 10.2. The van der Waals surface area contributed by atoms with Gasteiger partial charge in [-0.05, 0) is 6.42 Å². The van der Waals surface area contributed by atoms with Crippen LogP contribution in [0.4, 0.5) is 0 Å². The van der Waals surface area contributed by atoms with Crippen LogP contribution in [0.5, 0.6) is 0 Å². The second kappa shape index (κ2) is 14.2. The minimum Gasteiger partial charge on any atom is -0.481 e. The Morgan fingerprint density at radius 2 is 1.00 bits per heavy atom. The molecule has 0 saturated heterocycles. The monoisotopic (exact) mass is 336 g/mol. The van der Waals surface area contributed by atoms with E-state index in [1.165, 1.54) is 0 Å². The highest BCUT2D eigenvalue weighted by molar-refractivity contribution is 5.91. The van der Waals surface area contributed by atoms with Crippen LogP contribution in [-0.4, -0.2) is 60.8 Å². The van der Waals surface area contributed by atoms with Gasteiger partial charge in [0, 0.05) is 11.1 Å². The summed E-state index contributed by atoms with van der Waals surface area (Å²) in [6.45, 7) is 7.73. The van der Waals surface area contributed by atoms with Crippen LogP contribution in [0.3, 0.4) is 0 Å². The SMILES string of the molecule is C=C(CC(=O)O)C(=O)O.C=C(CC(=O)O)C(=O)O.CCC(O)O. The molecule has 0 aliphatic rings. The Hall–Kier alpha value is -2.72. The maximum Gasteiger partial charge on any atom is 0.331 e. The summed E-state index contributed by atoms with van der Waals surface area (Å²) < 4.78 is 0. The molecule has 10 nitrogen and oxygen atoms in total. The van der Waals surface area contributed by atoms with Crippen molar-refractivity contribution >= 4 is 23.9 Å². The van der Waals surface area contributed by atoms with E-state index < -0.39 is 43.0 Å². The Bertz CT molecular complexity index is 412. The molecule has 6 N–H and O–H groups in total. The van der Waals surface area contributed by atoms with Crippen LogP contribution in [0.15, 0.2) is 24.3 Å². The predicted octanol–water partition coefficient (Wildman–Crippen LogP) is -0.0891. The van der Waals surface area contributed by atoms with E-state index in [0.29, 0.717) is 6.42 Å². The molecule has 10 heteroatoms. The Morgan fingerprint density at radius 3 is 1.04 bits per heavy atom. The van der Waals surface area contributed by atoms with Gasteiger partial charge in [0.1, 0.15) is 0 Å². The molecule has 0 spiro atoms. The van der Waals surface area contributed by atoms with Gasteiger partial charge in [0.2, 0.25) is 0 Å². The zero-order chi connectivity index (χ0) is 19.2. The van der Waals surface area contributed by atoms with Crippen molar-refractivity contribution in [1.82, 2.24) is 0 Å². The Morgan fingerprint density at radius 1 is 0.783 bits per heavy atom. The van der Waals surface area contributed by atoms with Crippen molar-refractivity contribution in [1.29, 1.82) is 0 Å². The molecule has 0 aromatic rings. The van der Waals surface area contributed by atoms with E-state index in [9.17, 15) is 19.2 Å². The van der Waals surface area contributed by atoms with Crippen LogP contribution in [-0.2, 0) is 19.2 Å². The van der Waals surface area contributed by atoms with E-state index in [1.807, 2.05) is 0 Å². The maximum absolute atomic E-state index is 9.87. The number of aliphatic hydroxyl groups excluding tert-OH is 1. The summed E-state index contributed by atoms with van der Waals surface area (Å²) in [5.74, 6) is -4.89. The van der Waals surface area contributed by atoms with Crippen LogP contribution < -0.4 is 0 Å². The van der Waals surface area contributed by atoms with Crippen molar-refractivity contribution in [3.05, 3.63) is 24.3 Å². The Kier molecular flexibility index (Phi) is 15.6. The molecule has 0 aromatic heterocycles. The number of carboxylic acids is 4. The fourth-order valence-corrected chi connectivity index (χ4v) is 0.516. The van der Waals surface area contributed by atoms with Gasteiger partial charge in [-0.15, -0.1) is 0 Å². The zero-order valence-corrected chi connectivity index (χ0v) is 12.4. The summed E-state index contributed by atoms with van der Waals surface area (Å²) in [6, 6.07) is 0. The highest BCUT2D eigenvalue weighted by atomic mass is 16.5. The molecule has 0 saturated carbocycles. The third-order valence-electron chi connectivity index (χ3n) is 1.70. The van der Waals surface area contributed by atoms with Gasteiger partial charge in [-0.3, -0.25) is 9.59 Å². The molecular formula is C13H20O10. The van der Waals surface area contributed by atoms with Crippen LogP contribution in [0.25, 0.3) is 0 Å². The Labute approximate surface area is 131 Å². The molecule has 0 aliphatic carbocycles. The highest BCUT2D eigenvalue weighted by Gasteiger charge is 2.07. The first-order chi connectivity index (χ1) is 10.3. The number of rotatable bonds is 7. The first kappa shape index (κ1) is 25.2. The average molecular weight is 336 g/mol. The topological polar surface area (TPSA) is 190 Å². The second-order valence-corrected chi connectivity index (χ2v) is 3.85. The average Bonchev–Trinajstić information content (AvgIpc) is 2.38. The number of aliphatic carboxylic acids is 4. The number of aliphatic hydroxyl groups is 2. The minimum atomic E-state index is -1.27. The van der Waals surface area contributed by atoms with E-state index in [1.54, 1.807) is 6.92 Å². The predicted molar refractivity (Wildman–Crippen MR) is 76.6 cm³/mol. The minimum absolute atomic E-state index is 0.303. The molecule has 0 aliphatic heterocycles. The molecule has 0 radical (unpaired) electrons. The highest BCUT2D eigenvalue weighted by Crippen LogP contribution is 1.96. The van der Waals surface area contributed by atoms with Gasteiger partial charge < -0.3 is 30.6 Å². The first-order valence-electron chi connectivity index (χ1n) is 5.96. The standard InChI is InChI=1S/2C5H6O4.C3H8O2/c2*1-3(5(8)9)2-4(6)7;1-2-3(4)5/h2*1-2H2,(H,6,7)(H,8,9);3-5H,2H2,1H3. The molecule has 0 amide bonds. The summed E-state index contributed by atoms with van der Waals surface area (Å²) in [5.41, 5.74) is -0.606. The fraction of sp³-hybridized carbons (Fsp3) is 0.385. The summed E-state index contributed by atoms with van der Waals surface area (Å²) in [6.07, 6.45) is -1.71. The quantitative estimate of drug-likeness (QED) is 0.270. The van der Waals surface area contributed by atoms with Crippen molar-refractivity contribution in [3.8, 4) is 0 Å². The molecule has 23 heavy (non-hydrogen) atoms. The van der Waals surface area contributed by atoms with Gasteiger partial charge >= 0.3 is 23.9 Å². The van der Waals surface area contributed by atoms with Gasteiger partial charge in [-0.25, -0.2) is 9.59 Å². The zero-order valence-electron chi connectivity index (χ0n) is 12.4. The Balaban J connectivity index is -0.000000273. The van der Waals surface area contributed by atoms with E-state index in [-0.39, 0.29) is 11.1 Å². The lowest BCUT2D eigenvalue weighted by Crippen LogP contribution is -2.04. The van der Waals surface area contributed by atoms with Gasteiger partial charge in [0.15, 0.2) is 6.29 Å². The third-order valence-corrected chi connectivity index (χ3v) is 1.70. The molecule has 132 valence electrons. The van der Waals surface area contributed by atoms with Crippen LogP contribution >= 0.6 is 0 Å². The number of carboxylic acid groups (broad SMARTS) is 4. The number of hydrogen-bond acceptors (Lipinski definition) is 6. The summed E-state index contributed by atoms with van der Waals surface area (Å²) in [5, 5.41) is 48.0. The van der Waals surface area contributed by atoms with Crippen molar-refractivity contribution < 1.29 is 49.8 Å². The summed E-state index contributed by atoms with van der Waals surface area (Å²) >= 11 is 0. The van der Waals surface area contributed by atoms with Gasteiger partial charge in [-0.1, -0.05) is 20.1 Å². The van der Waals surface area contributed by atoms with E-state index in [4.69, 9.17) is 30.6 Å². The summed E-state index contributed by atoms with van der Waals surface area (Å²) in [7, 11) is 0. The first-order valence-corrected chi connectivity index (χ1v) is 5.96.